The lowest BCUT2D eigenvalue weighted by atomic mass is 9.83. The number of piperidine rings is 1. The van der Waals surface area contributed by atoms with Gasteiger partial charge in [0.05, 0.1) is 19.1 Å². The molecule has 5 rings (SSSR count). The first kappa shape index (κ1) is 23.6. The van der Waals surface area contributed by atoms with Crippen LogP contribution < -0.4 is 10.9 Å². The van der Waals surface area contributed by atoms with Crippen molar-refractivity contribution < 1.29 is 23.5 Å². The molecule has 0 spiro atoms. The van der Waals surface area contributed by atoms with E-state index in [1.54, 1.807) is 18.6 Å². The Morgan fingerprint density at radius 3 is 2.53 bits per heavy atom. The summed E-state index contributed by atoms with van der Waals surface area (Å²) in [6, 6.07) is 11.4. The number of hydrogen-bond donors (Lipinski definition) is 2. The molecule has 0 aliphatic carbocycles. The van der Waals surface area contributed by atoms with E-state index in [-0.39, 0.29) is 23.5 Å². The first-order valence-corrected chi connectivity index (χ1v) is 11.5. The Bertz CT molecular complexity index is 1140. The van der Waals surface area contributed by atoms with Gasteiger partial charge >= 0.3 is 0 Å². The first-order chi connectivity index (χ1) is 16.6. The summed E-state index contributed by atoms with van der Waals surface area (Å²) in [4.78, 5) is 36.5. The lowest BCUT2D eigenvalue weighted by Gasteiger charge is -2.42. The van der Waals surface area contributed by atoms with Crippen LogP contribution in [0.1, 0.15) is 46.3 Å². The molecule has 0 unspecified atom stereocenters. The van der Waals surface area contributed by atoms with E-state index in [0.717, 1.165) is 56.1 Å². The maximum atomic E-state index is 13.1. The molecule has 0 saturated carbocycles. The van der Waals surface area contributed by atoms with Crippen LogP contribution in [0.15, 0.2) is 62.6 Å². The molecule has 2 aliphatic rings. The highest BCUT2D eigenvalue weighted by Gasteiger charge is 2.35. The zero-order valence-electron chi connectivity index (χ0n) is 18.9. The van der Waals surface area contributed by atoms with Crippen LogP contribution >= 0.6 is 0 Å². The second-order valence-electron chi connectivity index (χ2n) is 8.70. The topological polar surface area (TPSA) is 118 Å². The van der Waals surface area contributed by atoms with E-state index in [4.69, 9.17) is 18.7 Å². The van der Waals surface area contributed by atoms with Crippen molar-refractivity contribution in [2.24, 2.45) is 5.92 Å². The van der Waals surface area contributed by atoms with Crippen LogP contribution in [0.3, 0.4) is 0 Å². The number of hydrogen-bond acceptors (Lipinski definition) is 6. The van der Waals surface area contributed by atoms with Crippen molar-refractivity contribution in [3.8, 4) is 0 Å². The van der Waals surface area contributed by atoms with Crippen molar-refractivity contribution in [3.05, 3.63) is 82.1 Å². The summed E-state index contributed by atoms with van der Waals surface area (Å²) in [6.07, 6.45) is 5.97. The summed E-state index contributed by atoms with van der Waals surface area (Å²) in [5.74, 6) is 2.29. The number of furan rings is 2. The Labute approximate surface area is 197 Å². The number of aryl methyl sites for hydroxylation is 1. The summed E-state index contributed by atoms with van der Waals surface area (Å²) in [6.45, 7) is 3.55. The SMILES string of the molecule is O=C(NCCCc1ccco1)c1ccc2n(c1=O)C[C@H]1C[C@@H]2CN(Cc2ccco2)C1.O=CO. The number of rotatable bonds is 7. The number of amides is 1. The van der Waals surface area contributed by atoms with Gasteiger partial charge in [-0.2, -0.15) is 0 Å². The Morgan fingerprint density at radius 1 is 1.09 bits per heavy atom. The predicted molar refractivity (Wildman–Crippen MR) is 124 cm³/mol. The molecule has 5 heterocycles. The van der Waals surface area contributed by atoms with Crippen LogP contribution in [-0.2, 0) is 24.3 Å². The monoisotopic (exact) mass is 467 g/mol. The van der Waals surface area contributed by atoms with Crippen molar-refractivity contribution in [1.29, 1.82) is 0 Å². The van der Waals surface area contributed by atoms with Crippen molar-refractivity contribution >= 4 is 12.4 Å². The molecule has 2 atom stereocenters. The van der Waals surface area contributed by atoms with E-state index in [2.05, 4.69) is 10.2 Å². The van der Waals surface area contributed by atoms with Gasteiger partial charge in [0.2, 0.25) is 0 Å². The Morgan fingerprint density at radius 2 is 1.82 bits per heavy atom. The third-order valence-corrected chi connectivity index (χ3v) is 6.35. The maximum Gasteiger partial charge on any atom is 0.290 e. The molecule has 1 saturated heterocycles. The molecule has 9 nitrogen and oxygen atoms in total. The molecule has 3 aromatic heterocycles. The molecule has 0 aromatic carbocycles. The Kier molecular flexibility index (Phi) is 7.64. The van der Waals surface area contributed by atoms with Crippen LogP contribution in [0.5, 0.6) is 0 Å². The fourth-order valence-corrected chi connectivity index (χ4v) is 4.98. The number of nitrogens with one attached hydrogen (secondary N) is 1. The largest absolute Gasteiger partial charge is 0.483 e. The van der Waals surface area contributed by atoms with E-state index < -0.39 is 0 Å². The Balaban J connectivity index is 0.000000868. The smallest absolute Gasteiger partial charge is 0.290 e. The molecule has 2 aliphatic heterocycles. The zero-order valence-corrected chi connectivity index (χ0v) is 18.9. The van der Waals surface area contributed by atoms with E-state index in [1.165, 1.54) is 0 Å². The highest BCUT2D eigenvalue weighted by Crippen LogP contribution is 2.35. The van der Waals surface area contributed by atoms with Gasteiger partial charge < -0.3 is 23.8 Å². The highest BCUT2D eigenvalue weighted by molar-refractivity contribution is 5.93. The summed E-state index contributed by atoms with van der Waals surface area (Å²) in [5.41, 5.74) is 1.10. The van der Waals surface area contributed by atoms with Crippen molar-refractivity contribution in [2.75, 3.05) is 19.6 Å². The minimum atomic E-state index is -0.296. The number of carbonyl (C=O) groups is 2. The third kappa shape index (κ3) is 5.48. The quantitative estimate of drug-likeness (QED) is 0.405. The summed E-state index contributed by atoms with van der Waals surface area (Å²) in [5, 5.41) is 9.77. The van der Waals surface area contributed by atoms with Gasteiger partial charge in [-0.05, 0) is 55.2 Å². The predicted octanol–water partition coefficient (Wildman–Crippen LogP) is 2.72. The normalized spacial score (nSPS) is 18.9. The fourth-order valence-electron chi connectivity index (χ4n) is 4.98. The summed E-state index contributed by atoms with van der Waals surface area (Å²) < 4.78 is 12.6. The molecule has 9 heteroatoms. The summed E-state index contributed by atoms with van der Waals surface area (Å²) >= 11 is 0. The molecule has 1 fully saturated rings. The van der Waals surface area contributed by atoms with Crippen LogP contribution in [0.4, 0.5) is 0 Å². The molecule has 0 radical (unpaired) electrons. The minimum absolute atomic E-state index is 0.171. The van der Waals surface area contributed by atoms with Gasteiger partial charge in [0, 0.05) is 44.2 Å². The standard InChI is InChI=1S/C24H27N3O4.CH2O2/c28-23(25-9-1-4-19-5-2-10-30-19)21-7-8-22-18-12-17(14-27(22)24(21)29)13-26(15-18)16-20-6-3-11-31-20;2-1-3/h2-3,5-8,10-11,17-18H,1,4,9,12-16H2,(H,25,28);1H,(H,2,3)/t17-,18+;/m0./s1. The van der Waals surface area contributed by atoms with Gasteiger partial charge in [-0.3, -0.25) is 19.3 Å². The van der Waals surface area contributed by atoms with E-state index in [9.17, 15) is 9.59 Å². The van der Waals surface area contributed by atoms with Gasteiger partial charge in [-0.15, -0.1) is 0 Å². The van der Waals surface area contributed by atoms with Gasteiger partial charge in [-0.1, -0.05) is 0 Å². The van der Waals surface area contributed by atoms with Crippen LogP contribution in [-0.4, -0.2) is 46.6 Å². The van der Waals surface area contributed by atoms with Gasteiger partial charge in [0.1, 0.15) is 17.1 Å². The van der Waals surface area contributed by atoms with E-state index in [1.807, 2.05) is 34.9 Å². The number of nitrogens with zero attached hydrogens (tertiary/aromatic N) is 2. The molecular formula is C25H29N3O6. The van der Waals surface area contributed by atoms with E-state index in [0.29, 0.717) is 24.9 Å². The molecule has 2 bridgehead atoms. The second kappa shape index (κ2) is 11.0. The van der Waals surface area contributed by atoms with E-state index >= 15 is 0 Å². The molecule has 2 N–H and O–H groups in total. The second-order valence-corrected chi connectivity index (χ2v) is 8.70. The van der Waals surface area contributed by atoms with Crippen molar-refractivity contribution in [3.63, 3.8) is 0 Å². The number of carbonyl (C=O) groups excluding carboxylic acids is 1. The first-order valence-electron chi connectivity index (χ1n) is 11.5. The molecule has 180 valence electrons. The minimum Gasteiger partial charge on any atom is -0.483 e. The molecule has 1 amide bonds. The van der Waals surface area contributed by atoms with Crippen molar-refractivity contribution in [1.82, 2.24) is 14.8 Å². The number of likely N-dealkylation sites (tertiary alicyclic amines) is 1. The fraction of sp³-hybridized carbons (Fsp3) is 0.400. The average molecular weight is 468 g/mol. The molecular weight excluding hydrogens is 438 g/mol. The molecule has 34 heavy (non-hydrogen) atoms. The van der Waals surface area contributed by atoms with Gasteiger partial charge in [0.15, 0.2) is 0 Å². The van der Waals surface area contributed by atoms with Gasteiger partial charge in [0.25, 0.3) is 17.9 Å². The summed E-state index contributed by atoms with van der Waals surface area (Å²) in [7, 11) is 0. The average Bonchev–Trinajstić information content (AvgIpc) is 3.52. The van der Waals surface area contributed by atoms with Crippen LogP contribution in [0, 0.1) is 5.92 Å². The molecule has 3 aromatic rings. The zero-order chi connectivity index (χ0) is 23.9. The number of fused-ring (bicyclic) bond motifs is 4. The lowest BCUT2D eigenvalue weighted by molar-refractivity contribution is -0.122. The highest BCUT2D eigenvalue weighted by atomic mass is 16.3. The number of aromatic nitrogens is 1. The number of pyridine rings is 1. The van der Waals surface area contributed by atoms with Gasteiger partial charge in [-0.25, -0.2) is 0 Å². The van der Waals surface area contributed by atoms with Crippen LogP contribution in [0.25, 0.3) is 0 Å². The van der Waals surface area contributed by atoms with Crippen LogP contribution in [0.2, 0.25) is 0 Å². The van der Waals surface area contributed by atoms with Crippen molar-refractivity contribution in [2.45, 2.75) is 38.3 Å². The Hall–Kier alpha value is -3.59. The maximum absolute atomic E-state index is 13.1. The lowest BCUT2D eigenvalue weighted by Crippen LogP contribution is -2.47. The number of carboxylic acid groups (broad SMARTS) is 1. The third-order valence-electron chi connectivity index (χ3n) is 6.35.